The van der Waals surface area contributed by atoms with Crippen LogP contribution < -0.4 is 0 Å². The summed E-state index contributed by atoms with van der Waals surface area (Å²) >= 11 is 1.86. The van der Waals surface area contributed by atoms with Crippen LogP contribution in [0.1, 0.15) is 62.3 Å². The van der Waals surface area contributed by atoms with Gasteiger partial charge in [-0.05, 0) is 87.1 Å². The average Bonchev–Trinajstić information content (AvgIpc) is 3.16. The minimum atomic E-state index is 0.0807. The monoisotopic (exact) mass is 329 g/mol. The van der Waals surface area contributed by atoms with Crippen molar-refractivity contribution < 1.29 is 4.79 Å². The quantitative estimate of drug-likeness (QED) is 0.800. The molecule has 0 aromatic carbocycles. The van der Waals surface area contributed by atoms with Crippen LogP contribution in [-0.2, 0) is 4.79 Å². The highest BCUT2D eigenvalue weighted by Gasteiger charge is 2.54. The fraction of sp³-hybridized carbons (Fsp3) is 0.750. The van der Waals surface area contributed by atoms with Crippen LogP contribution in [0.4, 0.5) is 0 Å². The maximum absolute atomic E-state index is 13.3. The third kappa shape index (κ3) is 2.42. The highest BCUT2D eigenvalue weighted by atomic mass is 32.1. The van der Waals surface area contributed by atoms with Gasteiger partial charge >= 0.3 is 0 Å². The van der Waals surface area contributed by atoms with Crippen LogP contribution >= 0.6 is 11.3 Å². The van der Waals surface area contributed by atoms with Crippen LogP contribution in [0.5, 0.6) is 0 Å². The number of thiophene rings is 1. The van der Waals surface area contributed by atoms with E-state index in [1.54, 1.807) is 0 Å². The Bertz CT molecular complexity index is 558. The minimum absolute atomic E-state index is 0.0807. The molecule has 4 saturated carbocycles. The normalized spacial score (nSPS) is 42.4. The molecule has 1 unspecified atom stereocenters. The van der Waals surface area contributed by atoms with Gasteiger partial charge in [0.1, 0.15) is 0 Å². The number of ketones is 1. The summed E-state index contributed by atoms with van der Waals surface area (Å²) in [5, 5.41) is 2.17. The Labute approximate surface area is 143 Å². The first-order valence-corrected chi connectivity index (χ1v) is 10.4. The Morgan fingerprint density at radius 3 is 2.48 bits per heavy atom. The molecule has 1 aliphatic heterocycles. The molecule has 0 radical (unpaired) electrons. The second kappa shape index (κ2) is 5.42. The second-order valence-corrected chi connectivity index (χ2v) is 9.74. The second-order valence-electron chi connectivity index (χ2n) is 8.76. The maximum atomic E-state index is 13.3. The van der Waals surface area contributed by atoms with Crippen molar-refractivity contribution in [1.82, 2.24) is 4.90 Å². The van der Waals surface area contributed by atoms with Gasteiger partial charge in [-0.1, -0.05) is 6.07 Å². The van der Waals surface area contributed by atoms with Crippen molar-refractivity contribution in [3.8, 4) is 0 Å². The lowest BCUT2D eigenvalue weighted by Crippen LogP contribution is -2.52. The molecule has 3 heteroatoms. The summed E-state index contributed by atoms with van der Waals surface area (Å²) in [5.74, 6) is 3.21. The lowest BCUT2D eigenvalue weighted by molar-refractivity contribution is -0.145. The molecule has 1 saturated heterocycles. The zero-order valence-electron chi connectivity index (χ0n) is 13.9. The smallest absolute Gasteiger partial charge is 0.153 e. The number of carbonyl (C=O) groups is 1. The largest absolute Gasteiger partial charge is 0.298 e. The highest BCUT2D eigenvalue weighted by molar-refractivity contribution is 7.10. The van der Waals surface area contributed by atoms with Crippen LogP contribution in [0.15, 0.2) is 17.5 Å². The molecule has 1 aromatic rings. The van der Waals surface area contributed by atoms with Gasteiger partial charge in [0.25, 0.3) is 0 Å². The lowest BCUT2D eigenvalue weighted by atomic mass is 9.48. The van der Waals surface area contributed by atoms with E-state index in [1.165, 1.54) is 56.2 Å². The van der Waals surface area contributed by atoms with Gasteiger partial charge in [-0.2, -0.15) is 0 Å². The van der Waals surface area contributed by atoms with Gasteiger partial charge in [-0.3, -0.25) is 9.69 Å². The molecule has 5 aliphatic rings. The van der Waals surface area contributed by atoms with Crippen LogP contribution in [0.25, 0.3) is 0 Å². The van der Waals surface area contributed by atoms with Crippen LogP contribution in [0.2, 0.25) is 0 Å². The third-order valence-corrected chi connectivity index (χ3v) is 8.19. The van der Waals surface area contributed by atoms with E-state index in [0.717, 1.165) is 24.3 Å². The van der Waals surface area contributed by atoms with Crippen LogP contribution in [0, 0.1) is 23.2 Å². The van der Waals surface area contributed by atoms with Gasteiger partial charge in [-0.25, -0.2) is 0 Å². The molecule has 0 N–H and O–H groups in total. The van der Waals surface area contributed by atoms with Gasteiger partial charge in [0.15, 0.2) is 5.78 Å². The summed E-state index contributed by atoms with van der Waals surface area (Å²) < 4.78 is 0. The summed E-state index contributed by atoms with van der Waals surface area (Å²) in [6, 6.07) is 4.91. The topological polar surface area (TPSA) is 20.3 Å². The maximum Gasteiger partial charge on any atom is 0.153 e. The van der Waals surface area contributed by atoms with Gasteiger partial charge in [0.2, 0.25) is 0 Å². The van der Waals surface area contributed by atoms with Gasteiger partial charge in [0, 0.05) is 16.3 Å². The first-order valence-electron chi connectivity index (χ1n) is 9.53. The molecule has 124 valence electrons. The molecule has 0 amide bonds. The number of carbonyl (C=O) groups excluding carboxylic acids is 1. The van der Waals surface area contributed by atoms with E-state index < -0.39 is 0 Å². The third-order valence-electron chi connectivity index (χ3n) is 7.21. The molecule has 0 spiro atoms. The first-order chi connectivity index (χ1) is 11.2. The van der Waals surface area contributed by atoms with E-state index in [-0.39, 0.29) is 5.41 Å². The zero-order chi connectivity index (χ0) is 15.4. The van der Waals surface area contributed by atoms with Crippen molar-refractivity contribution in [2.24, 2.45) is 23.2 Å². The summed E-state index contributed by atoms with van der Waals surface area (Å²) in [6.45, 7) is 1.83. The predicted octanol–water partition coefficient (Wildman–Crippen LogP) is 4.67. The SMILES string of the molecule is O=C(CN1CCCC1c1cccs1)C12CC3CC(CC(C3)C1)C2. The number of likely N-dealkylation sites (tertiary alicyclic amines) is 1. The fourth-order valence-electron chi connectivity index (χ4n) is 6.62. The van der Waals surface area contributed by atoms with Gasteiger partial charge < -0.3 is 0 Å². The fourth-order valence-corrected chi connectivity index (χ4v) is 7.52. The summed E-state index contributed by atoms with van der Waals surface area (Å²) in [7, 11) is 0. The van der Waals surface area contributed by atoms with E-state index in [0.29, 0.717) is 18.4 Å². The number of Topliss-reactive ketones (excluding diaryl/α,β-unsaturated/α-hetero) is 1. The van der Waals surface area contributed by atoms with Crippen molar-refractivity contribution in [2.75, 3.05) is 13.1 Å². The summed E-state index contributed by atoms with van der Waals surface area (Å²) in [6.07, 6.45) is 10.4. The molecule has 6 rings (SSSR count). The van der Waals surface area contributed by atoms with E-state index in [9.17, 15) is 4.79 Å². The van der Waals surface area contributed by atoms with Gasteiger partial charge in [-0.15, -0.1) is 11.3 Å². The Balaban J connectivity index is 1.33. The Kier molecular flexibility index (Phi) is 3.45. The molecule has 1 aromatic heterocycles. The van der Waals surface area contributed by atoms with E-state index in [4.69, 9.17) is 0 Å². The molecular weight excluding hydrogens is 302 g/mol. The number of hydrogen-bond acceptors (Lipinski definition) is 3. The standard InChI is InChI=1S/C20H27NOS/c22-19(13-21-5-1-3-17(21)18-4-2-6-23-18)20-10-14-7-15(11-20)9-16(8-14)12-20/h2,4,6,14-17H,1,3,5,7-13H2. The Morgan fingerprint density at radius 1 is 1.17 bits per heavy atom. The lowest BCUT2D eigenvalue weighted by Gasteiger charge is -2.56. The van der Waals surface area contributed by atoms with Crippen LogP contribution in [0.3, 0.4) is 0 Å². The Hall–Kier alpha value is -0.670. The molecule has 2 heterocycles. The molecule has 5 fully saturated rings. The molecule has 1 atom stereocenters. The summed E-state index contributed by atoms with van der Waals surface area (Å²) in [5.41, 5.74) is 0.0807. The number of nitrogens with zero attached hydrogens (tertiary/aromatic N) is 1. The molecule has 4 aliphatic carbocycles. The minimum Gasteiger partial charge on any atom is -0.298 e. The van der Waals surface area contributed by atoms with Crippen molar-refractivity contribution in [3.63, 3.8) is 0 Å². The highest BCUT2D eigenvalue weighted by Crippen LogP contribution is 2.60. The molecule has 2 nitrogen and oxygen atoms in total. The first kappa shape index (κ1) is 14.7. The van der Waals surface area contributed by atoms with Crippen molar-refractivity contribution in [2.45, 2.75) is 57.4 Å². The van der Waals surface area contributed by atoms with Crippen LogP contribution in [-0.4, -0.2) is 23.8 Å². The Morgan fingerprint density at radius 2 is 1.87 bits per heavy atom. The van der Waals surface area contributed by atoms with Crippen molar-refractivity contribution in [3.05, 3.63) is 22.4 Å². The molecular formula is C20H27NOS. The molecule has 4 bridgehead atoms. The average molecular weight is 330 g/mol. The predicted molar refractivity (Wildman–Crippen MR) is 93.5 cm³/mol. The van der Waals surface area contributed by atoms with Crippen molar-refractivity contribution in [1.29, 1.82) is 0 Å². The zero-order valence-corrected chi connectivity index (χ0v) is 14.7. The summed E-state index contributed by atoms with van der Waals surface area (Å²) in [4.78, 5) is 17.3. The van der Waals surface area contributed by atoms with Crippen molar-refractivity contribution >= 4 is 17.1 Å². The van der Waals surface area contributed by atoms with E-state index >= 15 is 0 Å². The number of hydrogen-bond donors (Lipinski definition) is 0. The van der Waals surface area contributed by atoms with E-state index in [2.05, 4.69) is 22.4 Å². The number of rotatable bonds is 4. The van der Waals surface area contributed by atoms with E-state index in [1.807, 2.05) is 11.3 Å². The van der Waals surface area contributed by atoms with Gasteiger partial charge in [0.05, 0.1) is 6.54 Å². The molecule has 23 heavy (non-hydrogen) atoms.